The Hall–Kier alpha value is -3.20. The van der Waals surface area contributed by atoms with Crippen LogP contribution in [0.3, 0.4) is 0 Å². The molecule has 1 fully saturated rings. The number of thiazole rings is 1. The van der Waals surface area contributed by atoms with Crippen LogP contribution >= 0.6 is 34.3 Å². The molecule has 0 radical (unpaired) electrons. The van der Waals surface area contributed by atoms with Gasteiger partial charge < -0.3 is 9.84 Å². The molecule has 2 aliphatic heterocycles. The summed E-state index contributed by atoms with van der Waals surface area (Å²) in [5.74, 6) is -0.864. The maximum absolute atomic E-state index is 13.3. The highest BCUT2D eigenvalue weighted by molar-refractivity contribution is 7.22. The minimum absolute atomic E-state index is 0.0569. The van der Waals surface area contributed by atoms with Crippen LogP contribution < -0.4 is 9.64 Å². The fourth-order valence-electron chi connectivity index (χ4n) is 4.40. The zero-order valence-corrected chi connectivity index (χ0v) is 20.0. The number of carbonyl (C=O) groups excluding carboxylic acids is 2. The smallest absolute Gasteiger partial charge is 0.301 e. The van der Waals surface area contributed by atoms with Crippen LogP contribution in [0.25, 0.3) is 16.0 Å². The molecule has 0 spiro atoms. The van der Waals surface area contributed by atoms with Crippen LogP contribution in [0.5, 0.6) is 5.75 Å². The van der Waals surface area contributed by atoms with Crippen molar-refractivity contribution in [2.75, 3.05) is 11.5 Å². The van der Waals surface area contributed by atoms with Gasteiger partial charge in [0.1, 0.15) is 17.6 Å². The van der Waals surface area contributed by atoms with Crippen molar-refractivity contribution in [3.05, 3.63) is 80.5 Å². The quantitative estimate of drug-likeness (QED) is 0.210. The first-order valence-electron chi connectivity index (χ1n) is 10.7. The van der Waals surface area contributed by atoms with E-state index in [2.05, 4.69) is 4.98 Å². The van der Waals surface area contributed by atoms with E-state index in [9.17, 15) is 14.7 Å². The summed E-state index contributed by atoms with van der Waals surface area (Å²) < 4.78 is 6.48. The number of carbonyl (C=O) groups is 2. The molecule has 1 atom stereocenters. The van der Waals surface area contributed by atoms with Crippen LogP contribution in [0, 0.1) is 0 Å². The Morgan fingerprint density at radius 1 is 1.18 bits per heavy atom. The van der Waals surface area contributed by atoms with Crippen LogP contribution in [0.4, 0.5) is 5.13 Å². The zero-order chi connectivity index (χ0) is 23.4. The number of Topliss-reactive ketones (excluding diaryl/α,β-unsaturated/α-hetero) is 1. The second-order valence-electron chi connectivity index (χ2n) is 8.07. The maximum Gasteiger partial charge on any atom is 0.301 e. The molecular weight excluding hydrogens is 492 g/mol. The molecule has 6 nitrogen and oxygen atoms in total. The normalized spacial score (nSPS) is 19.4. The molecule has 0 bridgehead atoms. The summed E-state index contributed by atoms with van der Waals surface area (Å²) in [4.78, 5) is 33.3. The van der Waals surface area contributed by atoms with Gasteiger partial charge in [-0.2, -0.15) is 0 Å². The third-order valence-electron chi connectivity index (χ3n) is 5.98. The minimum Gasteiger partial charge on any atom is -0.507 e. The van der Waals surface area contributed by atoms with Crippen molar-refractivity contribution in [2.45, 2.75) is 18.9 Å². The van der Waals surface area contributed by atoms with E-state index in [1.165, 1.54) is 27.6 Å². The number of hydrogen-bond donors (Lipinski definition) is 1. The van der Waals surface area contributed by atoms with E-state index in [4.69, 9.17) is 16.3 Å². The fourth-order valence-corrected chi connectivity index (χ4v) is 6.49. The lowest BCUT2D eigenvalue weighted by atomic mass is 9.97. The number of ketones is 1. The molecule has 4 heterocycles. The SMILES string of the molecule is O=C1C(=O)N(c2nc3ccc(Cl)cc3s2)C(c2cccs2)/C1=C(\O)c1ccc2c(c1)CCCO2. The van der Waals surface area contributed by atoms with Gasteiger partial charge in [-0.25, -0.2) is 4.98 Å². The second-order valence-corrected chi connectivity index (χ2v) is 10.5. The number of ether oxygens (including phenoxy) is 1. The molecule has 1 N–H and O–H groups in total. The Morgan fingerprint density at radius 2 is 2.06 bits per heavy atom. The van der Waals surface area contributed by atoms with Crippen LogP contribution in [-0.2, 0) is 16.0 Å². The monoisotopic (exact) mass is 508 g/mol. The summed E-state index contributed by atoms with van der Waals surface area (Å²) in [5, 5.41) is 14.2. The number of hydrogen-bond acceptors (Lipinski definition) is 7. The number of amides is 1. The lowest BCUT2D eigenvalue weighted by molar-refractivity contribution is -0.132. The summed E-state index contributed by atoms with van der Waals surface area (Å²) in [6, 6.07) is 13.6. The highest BCUT2D eigenvalue weighted by Crippen LogP contribution is 2.46. The van der Waals surface area contributed by atoms with E-state index in [1.807, 2.05) is 23.6 Å². The Labute approximate surface area is 207 Å². The third kappa shape index (κ3) is 3.41. The minimum atomic E-state index is -0.775. The lowest BCUT2D eigenvalue weighted by Crippen LogP contribution is -2.28. The Bertz CT molecular complexity index is 1490. The van der Waals surface area contributed by atoms with E-state index < -0.39 is 17.7 Å². The molecule has 2 aliphatic rings. The van der Waals surface area contributed by atoms with Gasteiger partial charge in [-0.05, 0) is 66.2 Å². The van der Waals surface area contributed by atoms with Gasteiger partial charge >= 0.3 is 5.91 Å². The molecule has 2 aromatic heterocycles. The third-order valence-corrected chi connectivity index (χ3v) is 8.16. The van der Waals surface area contributed by atoms with Crippen molar-refractivity contribution in [1.29, 1.82) is 0 Å². The number of benzene rings is 2. The van der Waals surface area contributed by atoms with Gasteiger partial charge in [-0.3, -0.25) is 14.5 Å². The number of thiophene rings is 1. The Morgan fingerprint density at radius 3 is 2.88 bits per heavy atom. The van der Waals surface area contributed by atoms with Gasteiger partial charge in [0.05, 0.1) is 22.4 Å². The number of aliphatic hydroxyl groups is 1. The molecule has 4 aromatic rings. The first-order chi connectivity index (χ1) is 16.5. The average Bonchev–Trinajstić information content (AvgIpc) is 3.57. The molecule has 0 aliphatic carbocycles. The van der Waals surface area contributed by atoms with E-state index in [0.717, 1.165) is 33.7 Å². The molecule has 1 unspecified atom stereocenters. The van der Waals surface area contributed by atoms with Crippen LogP contribution in [-0.4, -0.2) is 28.4 Å². The number of aliphatic hydroxyl groups excluding tert-OH is 1. The first-order valence-corrected chi connectivity index (χ1v) is 12.8. The predicted octanol–water partition coefficient (Wildman–Crippen LogP) is 5.96. The van der Waals surface area contributed by atoms with Gasteiger partial charge in [0, 0.05) is 15.5 Å². The zero-order valence-electron chi connectivity index (χ0n) is 17.7. The summed E-state index contributed by atoms with van der Waals surface area (Å²) in [6.45, 7) is 0.662. The molecule has 6 rings (SSSR count). The largest absolute Gasteiger partial charge is 0.507 e. The molecule has 2 aromatic carbocycles. The number of halogens is 1. The fraction of sp³-hybridized carbons (Fsp3) is 0.160. The van der Waals surface area contributed by atoms with Gasteiger partial charge in [0.15, 0.2) is 5.13 Å². The van der Waals surface area contributed by atoms with Crippen molar-refractivity contribution >= 4 is 67.1 Å². The van der Waals surface area contributed by atoms with Gasteiger partial charge in [-0.1, -0.05) is 29.0 Å². The first kappa shape index (κ1) is 21.3. The van der Waals surface area contributed by atoms with Crippen molar-refractivity contribution in [2.24, 2.45) is 0 Å². The lowest BCUT2D eigenvalue weighted by Gasteiger charge is -2.22. The van der Waals surface area contributed by atoms with Crippen molar-refractivity contribution in [3.63, 3.8) is 0 Å². The number of aromatic nitrogens is 1. The Balaban J connectivity index is 1.52. The molecule has 0 saturated carbocycles. The molecule has 1 amide bonds. The second kappa shape index (κ2) is 8.23. The summed E-state index contributed by atoms with van der Waals surface area (Å²) in [6.07, 6.45) is 1.71. The molecule has 9 heteroatoms. The van der Waals surface area contributed by atoms with Crippen molar-refractivity contribution in [1.82, 2.24) is 4.98 Å². The van der Waals surface area contributed by atoms with Gasteiger partial charge in [0.2, 0.25) is 0 Å². The van der Waals surface area contributed by atoms with Crippen molar-refractivity contribution in [3.8, 4) is 5.75 Å². The van der Waals surface area contributed by atoms with E-state index in [-0.39, 0.29) is 11.3 Å². The summed E-state index contributed by atoms with van der Waals surface area (Å²) in [5.41, 5.74) is 2.20. The van der Waals surface area contributed by atoms with Crippen LogP contribution in [0.1, 0.15) is 28.5 Å². The molecular formula is C25H17ClN2O4S2. The maximum atomic E-state index is 13.3. The van der Waals surface area contributed by atoms with E-state index >= 15 is 0 Å². The molecule has 170 valence electrons. The average molecular weight is 509 g/mol. The molecule has 1 saturated heterocycles. The van der Waals surface area contributed by atoms with E-state index in [0.29, 0.717) is 27.8 Å². The number of rotatable bonds is 3. The topological polar surface area (TPSA) is 79.7 Å². The number of aryl methyl sites for hydroxylation is 1. The van der Waals surface area contributed by atoms with E-state index in [1.54, 1.807) is 30.3 Å². The predicted molar refractivity (Wildman–Crippen MR) is 134 cm³/mol. The summed E-state index contributed by atoms with van der Waals surface area (Å²) in [7, 11) is 0. The molecule has 34 heavy (non-hydrogen) atoms. The van der Waals surface area contributed by atoms with Crippen LogP contribution in [0.2, 0.25) is 5.02 Å². The number of fused-ring (bicyclic) bond motifs is 2. The Kier molecular flexibility index (Phi) is 5.17. The highest BCUT2D eigenvalue weighted by atomic mass is 35.5. The van der Waals surface area contributed by atoms with Gasteiger partial charge in [-0.15, -0.1) is 11.3 Å². The van der Waals surface area contributed by atoms with Crippen molar-refractivity contribution < 1.29 is 19.4 Å². The number of nitrogens with zero attached hydrogens (tertiary/aromatic N) is 2. The van der Waals surface area contributed by atoms with Gasteiger partial charge in [0.25, 0.3) is 5.78 Å². The number of anilines is 1. The standard InChI is InChI=1S/C25H17ClN2O4S2/c26-15-6-7-16-19(12-15)34-25(27-16)28-21(18-4-2-10-33-18)20(23(30)24(28)31)22(29)14-5-8-17-13(11-14)3-1-9-32-17/h2,4-8,10-12,21,29H,1,3,9H2/b22-20+. The summed E-state index contributed by atoms with van der Waals surface area (Å²) >= 11 is 8.83. The highest BCUT2D eigenvalue weighted by Gasteiger charge is 2.48. The van der Waals surface area contributed by atoms with Crippen LogP contribution in [0.15, 0.2) is 59.5 Å².